The highest BCUT2D eigenvalue weighted by atomic mass is 16.6. The number of nitrogens with zero attached hydrogens (tertiary/aromatic N) is 2. The van der Waals surface area contributed by atoms with Crippen molar-refractivity contribution < 1.29 is 71.3 Å². The van der Waals surface area contributed by atoms with Crippen LogP contribution in [0.25, 0.3) is 0 Å². The molecule has 19 heteroatoms. The van der Waals surface area contributed by atoms with Gasteiger partial charge in [-0.1, -0.05) is 6.07 Å². The maximum Gasteiger partial charge on any atom is 0.264 e. The maximum atomic E-state index is 13.2. The number of benzene rings is 1. The van der Waals surface area contributed by atoms with Crippen molar-refractivity contribution in [3.8, 4) is 0 Å². The summed E-state index contributed by atoms with van der Waals surface area (Å²) in [7, 11) is 4.03. The van der Waals surface area contributed by atoms with Gasteiger partial charge >= 0.3 is 0 Å². The first-order chi connectivity index (χ1) is 28.4. The standard InChI is InChI=1S/C39H64N4O15/c1-42(2)9-11-49-13-15-51-17-19-53-21-23-55-25-27-57-29-31-58-30-28-56-26-24-54-22-20-52-18-16-50-14-12-48-10-8-40-33-5-3-4-32-36(33)39(47)43(38(32)46)34-6-7-35(44)41-37(34)45/h3-5,34,40H,6-31H2,1-2H3,(H,41,44,45). The van der Waals surface area contributed by atoms with Gasteiger partial charge in [0, 0.05) is 25.2 Å². The number of piperidine rings is 1. The first-order valence-electron chi connectivity index (χ1n) is 20.0. The maximum absolute atomic E-state index is 13.2. The molecule has 1 fully saturated rings. The molecular formula is C39H64N4O15. The van der Waals surface area contributed by atoms with Gasteiger partial charge in [-0.05, 0) is 32.6 Å². The van der Waals surface area contributed by atoms with Crippen LogP contribution in [0.5, 0.6) is 0 Å². The Morgan fingerprint density at radius 3 is 1.36 bits per heavy atom. The number of likely N-dealkylation sites (N-methyl/N-ethyl adjacent to an activating group) is 1. The van der Waals surface area contributed by atoms with E-state index in [2.05, 4.69) is 15.5 Å². The van der Waals surface area contributed by atoms with Crippen molar-refractivity contribution in [2.45, 2.75) is 18.9 Å². The second kappa shape index (κ2) is 31.7. The summed E-state index contributed by atoms with van der Waals surface area (Å²) in [6.07, 6.45) is 0.168. The number of carbonyl (C=O) groups is 4. The third-order valence-electron chi connectivity index (χ3n) is 8.43. The molecule has 1 aromatic carbocycles. The Balaban J connectivity index is 0.989. The Labute approximate surface area is 341 Å². The van der Waals surface area contributed by atoms with Gasteiger partial charge in [0.15, 0.2) is 0 Å². The van der Waals surface area contributed by atoms with Crippen LogP contribution in [-0.4, -0.2) is 212 Å². The molecule has 2 N–H and O–H groups in total. The van der Waals surface area contributed by atoms with Gasteiger partial charge in [0.1, 0.15) is 6.04 Å². The van der Waals surface area contributed by atoms with Gasteiger partial charge in [0.25, 0.3) is 11.8 Å². The summed E-state index contributed by atoms with van der Waals surface area (Å²) in [4.78, 5) is 53.0. The Bertz CT molecular complexity index is 1310. The minimum atomic E-state index is -1.01. The molecule has 0 aromatic heterocycles. The van der Waals surface area contributed by atoms with Crippen molar-refractivity contribution in [1.29, 1.82) is 0 Å². The number of anilines is 1. The van der Waals surface area contributed by atoms with E-state index in [1.54, 1.807) is 18.2 Å². The average Bonchev–Trinajstić information content (AvgIpc) is 3.46. The van der Waals surface area contributed by atoms with E-state index >= 15 is 0 Å². The van der Waals surface area contributed by atoms with Gasteiger partial charge in [-0.15, -0.1) is 0 Å². The van der Waals surface area contributed by atoms with Gasteiger partial charge in [0.2, 0.25) is 11.8 Å². The van der Waals surface area contributed by atoms with Crippen LogP contribution >= 0.6 is 0 Å². The molecule has 0 radical (unpaired) electrons. The van der Waals surface area contributed by atoms with E-state index in [0.29, 0.717) is 158 Å². The predicted molar refractivity (Wildman–Crippen MR) is 209 cm³/mol. The minimum absolute atomic E-state index is 0.0653. The molecule has 19 nitrogen and oxygen atoms in total. The lowest BCUT2D eigenvalue weighted by molar-refractivity contribution is -0.136. The number of amides is 4. The summed E-state index contributed by atoms with van der Waals surface area (Å²) in [6, 6.07) is 3.90. The Morgan fingerprint density at radius 1 is 0.569 bits per heavy atom. The molecule has 3 rings (SSSR count). The number of imide groups is 2. The van der Waals surface area contributed by atoms with Crippen LogP contribution in [0, 0.1) is 0 Å². The minimum Gasteiger partial charge on any atom is -0.382 e. The summed E-state index contributed by atoms with van der Waals surface area (Å²) in [5.74, 6) is -2.17. The fourth-order valence-electron chi connectivity index (χ4n) is 5.47. The van der Waals surface area contributed by atoms with Gasteiger partial charge < -0.3 is 62.3 Å². The first-order valence-corrected chi connectivity index (χ1v) is 20.0. The molecule has 0 spiro atoms. The molecule has 2 aliphatic heterocycles. The average molecular weight is 829 g/mol. The lowest BCUT2D eigenvalue weighted by Gasteiger charge is -2.27. The number of carbonyl (C=O) groups excluding carboxylic acids is 4. The molecule has 0 saturated carbocycles. The van der Waals surface area contributed by atoms with Crippen LogP contribution in [0.4, 0.5) is 5.69 Å². The second-order valence-corrected chi connectivity index (χ2v) is 13.1. The summed E-state index contributed by atoms with van der Waals surface area (Å²) in [5, 5.41) is 5.33. The molecule has 330 valence electrons. The summed E-state index contributed by atoms with van der Waals surface area (Å²) < 4.78 is 60.5. The number of rotatable bonds is 38. The molecule has 2 aliphatic rings. The molecule has 4 amide bonds. The number of nitrogens with one attached hydrogen (secondary N) is 2. The van der Waals surface area contributed by atoms with Crippen LogP contribution in [-0.2, 0) is 61.7 Å². The third-order valence-corrected chi connectivity index (χ3v) is 8.43. The van der Waals surface area contributed by atoms with Crippen molar-refractivity contribution in [3.63, 3.8) is 0 Å². The monoisotopic (exact) mass is 828 g/mol. The van der Waals surface area contributed by atoms with Gasteiger partial charge in [-0.25, -0.2) is 0 Å². The SMILES string of the molecule is CN(C)CCOCCOCCOCCOCCOCCOCCOCCOCCOCCOCCOCCNc1cccc2c1C(=O)N(C1CCC(=O)NC1=O)C2=O. The van der Waals surface area contributed by atoms with Crippen LogP contribution < -0.4 is 10.6 Å². The zero-order valence-corrected chi connectivity index (χ0v) is 34.2. The molecule has 58 heavy (non-hydrogen) atoms. The number of ether oxygens (including phenoxy) is 11. The first kappa shape index (κ1) is 49.2. The lowest BCUT2D eigenvalue weighted by atomic mass is 10.0. The normalized spacial score (nSPS) is 15.5. The fraction of sp³-hybridized carbons (Fsp3) is 0.744. The molecule has 1 unspecified atom stereocenters. The summed E-state index contributed by atoms with van der Waals surface area (Å²) >= 11 is 0. The molecule has 1 aromatic rings. The highest BCUT2D eigenvalue weighted by Crippen LogP contribution is 2.32. The molecule has 2 heterocycles. The molecule has 0 bridgehead atoms. The topological polar surface area (TPSA) is 200 Å². The predicted octanol–water partition coefficient (Wildman–Crippen LogP) is 0.244. The zero-order valence-electron chi connectivity index (χ0n) is 34.2. The molecule has 0 aliphatic carbocycles. The van der Waals surface area contributed by atoms with E-state index in [1.165, 1.54) is 0 Å². The summed E-state index contributed by atoms with van der Waals surface area (Å²) in [6.45, 7) is 11.9. The van der Waals surface area contributed by atoms with Crippen LogP contribution in [0.3, 0.4) is 0 Å². The van der Waals surface area contributed by atoms with Crippen molar-refractivity contribution in [2.24, 2.45) is 0 Å². The number of hydrogen-bond acceptors (Lipinski definition) is 17. The largest absolute Gasteiger partial charge is 0.382 e. The highest BCUT2D eigenvalue weighted by Gasteiger charge is 2.45. The van der Waals surface area contributed by atoms with Crippen LogP contribution in [0.15, 0.2) is 18.2 Å². The number of fused-ring (bicyclic) bond motifs is 1. The molecule has 1 atom stereocenters. The van der Waals surface area contributed by atoms with E-state index < -0.39 is 29.7 Å². The Morgan fingerprint density at radius 2 is 0.966 bits per heavy atom. The van der Waals surface area contributed by atoms with Crippen LogP contribution in [0.2, 0.25) is 0 Å². The van der Waals surface area contributed by atoms with Crippen molar-refractivity contribution in [3.05, 3.63) is 29.3 Å². The van der Waals surface area contributed by atoms with E-state index in [4.69, 9.17) is 52.1 Å². The third kappa shape index (κ3) is 20.7. The molecular weight excluding hydrogens is 764 g/mol. The second-order valence-electron chi connectivity index (χ2n) is 13.1. The van der Waals surface area contributed by atoms with E-state index in [9.17, 15) is 19.2 Å². The summed E-state index contributed by atoms with van der Waals surface area (Å²) in [5.41, 5.74) is 0.907. The van der Waals surface area contributed by atoms with Crippen LogP contribution in [0.1, 0.15) is 33.6 Å². The molecule has 1 saturated heterocycles. The van der Waals surface area contributed by atoms with Crippen molar-refractivity contribution in [1.82, 2.24) is 15.1 Å². The number of hydrogen-bond donors (Lipinski definition) is 2. The Hall–Kier alpha value is -3.18. The quantitative estimate of drug-likeness (QED) is 0.0678. The zero-order chi connectivity index (χ0) is 41.5. The fourth-order valence-corrected chi connectivity index (χ4v) is 5.47. The van der Waals surface area contributed by atoms with E-state index in [0.717, 1.165) is 11.4 Å². The van der Waals surface area contributed by atoms with E-state index in [-0.39, 0.29) is 24.0 Å². The van der Waals surface area contributed by atoms with Gasteiger partial charge in [0.05, 0.1) is 156 Å². The van der Waals surface area contributed by atoms with E-state index in [1.807, 2.05) is 14.1 Å². The lowest BCUT2D eigenvalue weighted by Crippen LogP contribution is -2.54. The Kier molecular flexibility index (Phi) is 26.9. The highest BCUT2D eigenvalue weighted by molar-refractivity contribution is 6.25. The van der Waals surface area contributed by atoms with Gasteiger partial charge in [-0.2, -0.15) is 0 Å². The van der Waals surface area contributed by atoms with Crippen molar-refractivity contribution >= 4 is 29.3 Å². The van der Waals surface area contributed by atoms with Gasteiger partial charge in [-0.3, -0.25) is 29.4 Å². The van der Waals surface area contributed by atoms with Crippen molar-refractivity contribution in [2.75, 3.05) is 178 Å². The smallest absolute Gasteiger partial charge is 0.264 e.